The molecule has 0 radical (unpaired) electrons. The lowest BCUT2D eigenvalue weighted by molar-refractivity contribution is -0.262. The van der Waals surface area contributed by atoms with Crippen LogP contribution in [0.15, 0.2) is 0 Å². The highest BCUT2D eigenvalue weighted by Crippen LogP contribution is 2.41. The fourth-order valence-corrected chi connectivity index (χ4v) is 3.16. The molecule has 9 nitrogen and oxygen atoms in total. The van der Waals surface area contributed by atoms with Crippen molar-refractivity contribution in [3.8, 4) is 0 Å². The predicted octanol–water partition coefficient (Wildman–Crippen LogP) is 1.46. The second-order valence-electron chi connectivity index (χ2n) is 8.24. The first-order chi connectivity index (χ1) is 12.4. The SMILES string of the molecule is CCOC(=O)[C@@H](CCC1(O)OC[C@@H]2OC(C)(C)O[C@@H]21)NC(=O)OC(C)(C)C. The minimum atomic E-state index is -1.61. The van der Waals surface area contributed by atoms with Crippen LogP contribution in [-0.2, 0) is 28.5 Å². The van der Waals surface area contributed by atoms with Crippen molar-refractivity contribution < 1.29 is 38.4 Å². The molecule has 0 aromatic carbocycles. The number of ether oxygens (including phenoxy) is 5. The van der Waals surface area contributed by atoms with Gasteiger partial charge in [0.1, 0.15) is 23.9 Å². The van der Waals surface area contributed by atoms with Gasteiger partial charge in [0.25, 0.3) is 0 Å². The Morgan fingerprint density at radius 1 is 1.30 bits per heavy atom. The number of carbonyl (C=O) groups is 2. The van der Waals surface area contributed by atoms with Crippen molar-refractivity contribution in [1.82, 2.24) is 5.32 Å². The number of fused-ring (bicyclic) bond motifs is 1. The third-order valence-corrected chi connectivity index (χ3v) is 4.18. The van der Waals surface area contributed by atoms with E-state index in [0.717, 1.165) is 0 Å². The standard InChI is InChI=1S/C18H31NO8/c1-7-23-14(20)11(19-15(21)27-16(2,3)4)8-9-18(22)13-12(10-24-18)25-17(5,6)26-13/h11-13,22H,7-10H2,1-6H3,(H,19,21)/t11-,12+,13+,18?/m1/s1. The van der Waals surface area contributed by atoms with Crippen molar-refractivity contribution in [2.75, 3.05) is 13.2 Å². The average molecular weight is 389 g/mol. The summed E-state index contributed by atoms with van der Waals surface area (Å²) in [6.45, 7) is 10.7. The Bertz CT molecular complexity index is 558. The lowest BCUT2D eigenvalue weighted by Crippen LogP contribution is -2.48. The summed E-state index contributed by atoms with van der Waals surface area (Å²) in [5.74, 6) is -3.04. The summed E-state index contributed by atoms with van der Waals surface area (Å²) in [5, 5.41) is 13.4. The number of carbonyl (C=O) groups excluding carboxylic acids is 2. The van der Waals surface area contributed by atoms with E-state index in [2.05, 4.69) is 5.32 Å². The van der Waals surface area contributed by atoms with E-state index in [4.69, 9.17) is 23.7 Å². The third kappa shape index (κ3) is 5.78. The van der Waals surface area contributed by atoms with E-state index >= 15 is 0 Å². The average Bonchev–Trinajstić information content (AvgIpc) is 2.97. The monoisotopic (exact) mass is 389 g/mol. The first kappa shape index (κ1) is 21.9. The number of hydrogen-bond acceptors (Lipinski definition) is 8. The van der Waals surface area contributed by atoms with Gasteiger partial charge in [-0.15, -0.1) is 0 Å². The van der Waals surface area contributed by atoms with Crippen molar-refractivity contribution in [1.29, 1.82) is 0 Å². The van der Waals surface area contributed by atoms with Gasteiger partial charge in [0.2, 0.25) is 0 Å². The maximum absolute atomic E-state index is 12.2. The van der Waals surface area contributed by atoms with Crippen LogP contribution in [0.4, 0.5) is 4.79 Å². The molecule has 2 rings (SSSR count). The molecule has 1 amide bonds. The summed E-state index contributed by atoms with van der Waals surface area (Å²) in [4.78, 5) is 24.3. The fraction of sp³-hybridized carbons (Fsp3) is 0.889. The van der Waals surface area contributed by atoms with Crippen LogP contribution in [-0.4, -0.2) is 65.8 Å². The highest BCUT2D eigenvalue weighted by atomic mass is 16.8. The maximum atomic E-state index is 12.2. The fourth-order valence-electron chi connectivity index (χ4n) is 3.16. The summed E-state index contributed by atoms with van der Waals surface area (Å²) in [7, 11) is 0. The molecule has 27 heavy (non-hydrogen) atoms. The first-order valence-electron chi connectivity index (χ1n) is 9.23. The molecule has 0 aromatic rings. The molecule has 2 aliphatic rings. The number of rotatable bonds is 6. The summed E-state index contributed by atoms with van der Waals surface area (Å²) < 4.78 is 27.1. The van der Waals surface area contributed by atoms with E-state index in [1.165, 1.54) is 0 Å². The van der Waals surface area contributed by atoms with E-state index in [-0.39, 0.29) is 32.2 Å². The van der Waals surface area contributed by atoms with Crippen LogP contribution in [0.2, 0.25) is 0 Å². The molecule has 0 bridgehead atoms. The Balaban J connectivity index is 2.00. The molecule has 2 N–H and O–H groups in total. The Morgan fingerprint density at radius 3 is 2.56 bits per heavy atom. The van der Waals surface area contributed by atoms with E-state index < -0.39 is 41.4 Å². The van der Waals surface area contributed by atoms with Crippen LogP contribution in [0, 0.1) is 0 Å². The van der Waals surface area contributed by atoms with Crippen molar-refractivity contribution in [3.05, 3.63) is 0 Å². The second kappa shape index (κ2) is 7.90. The second-order valence-corrected chi connectivity index (χ2v) is 8.24. The van der Waals surface area contributed by atoms with Crippen LogP contribution in [0.3, 0.4) is 0 Å². The van der Waals surface area contributed by atoms with Crippen molar-refractivity contribution >= 4 is 12.1 Å². The summed E-state index contributed by atoms with van der Waals surface area (Å²) in [6.07, 6.45) is -1.66. The molecular formula is C18H31NO8. The number of aliphatic hydroxyl groups is 1. The number of hydrogen-bond donors (Lipinski definition) is 2. The molecule has 2 heterocycles. The largest absolute Gasteiger partial charge is 0.464 e. The van der Waals surface area contributed by atoms with Gasteiger partial charge in [0, 0.05) is 6.42 Å². The molecule has 2 saturated heterocycles. The number of alkyl carbamates (subject to hydrolysis) is 1. The first-order valence-corrected chi connectivity index (χ1v) is 9.23. The predicted molar refractivity (Wildman–Crippen MR) is 93.8 cm³/mol. The van der Waals surface area contributed by atoms with Gasteiger partial charge >= 0.3 is 12.1 Å². The van der Waals surface area contributed by atoms with Crippen LogP contribution in [0.1, 0.15) is 54.4 Å². The van der Waals surface area contributed by atoms with Gasteiger partial charge in [-0.05, 0) is 48.0 Å². The molecule has 0 aliphatic carbocycles. The Kier molecular flexibility index (Phi) is 6.40. The minimum absolute atomic E-state index is 0.0485. The quantitative estimate of drug-likeness (QED) is 0.657. The van der Waals surface area contributed by atoms with Gasteiger partial charge in [-0.2, -0.15) is 0 Å². The van der Waals surface area contributed by atoms with Gasteiger partial charge in [-0.3, -0.25) is 0 Å². The number of nitrogens with one attached hydrogen (secondary N) is 1. The van der Waals surface area contributed by atoms with Gasteiger partial charge in [0.05, 0.1) is 13.2 Å². The molecule has 2 aliphatic heterocycles. The van der Waals surface area contributed by atoms with Gasteiger partial charge in [-0.1, -0.05) is 0 Å². The molecular weight excluding hydrogens is 358 g/mol. The van der Waals surface area contributed by atoms with Crippen molar-refractivity contribution in [2.24, 2.45) is 0 Å². The van der Waals surface area contributed by atoms with Gasteiger partial charge < -0.3 is 34.1 Å². The lowest BCUT2D eigenvalue weighted by Gasteiger charge is -2.30. The molecule has 9 heteroatoms. The van der Waals surface area contributed by atoms with E-state index in [1.54, 1.807) is 41.5 Å². The maximum Gasteiger partial charge on any atom is 0.408 e. The van der Waals surface area contributed by atoms with Crippen LogP contribution >= 0.6 is 0 Å². The smallest absolute Gasteiger partial charge is 0.408 e. The number of amides is 1. The molecule has 0 spiro atoms. The van der Waals surface area contributed by atoms with Gasteiger partial charge in [0.15, 0.2) is 11.6 Å². The van der Waals surface area contributed by atoms with Crippen LogP contribution in [0.5, 0.6) is 0 Å². The highest BCUT2D eigenvalue weighted by Gasteiger charge is 2.58. The lowest BCUT2D eigenvalue weighted by atomic mass is 9.99. The summed E-state index contributed by atoms with van der Waals surface area (Å²) >= 11 is 0. The molecule has 1 unspecified atom stereocenters. The normalized spacial score (nSPS) is 30.5. The summed E-state index contributed by atoms with van der Waals surface area (Å²) in [6, 6.07) is -0.984. The minimum Gasteiger partial charge on any atom is -0.464 e. The topological polar surface area (TPSA) is 113 Å². The van der Waals surface area contributed by atoms with E-state index in [0.29, 0.717) is 0 Å². The van der Waals surface area contributed by atoms with Crippen LogP contribution in [0.25, 0.3) is 0 Å². The Labute approximate surface area is 159 Å². The molecule has 0 saturated carbocycles. The zero-order chi connectivity index (χ0) is 20.5. The zero-order valence-electron chi connectivity index (χ0n) is 16.9. The van der Waals surface area contributed by atoms with E-state index in [1.807, 2.05) is 0 Å². The Morgan fingerprint density at radius 2 is 1.96 bits per heavy atom. The summed E-state index contributed by atoms with van der Waals surface area (Å²) in [5.41, 5.74) is -0.704. The highest BCUT2D eigenvalue weighted by molar-refractivity contribution is 5.81. The third-order valence-electron chi connectivity index (χ3n) is 4.18. The molecule has 4 atom stereocenters. The van der Waals surface area contributed by atoms with E-state index in [9.17, 15) is 14.7 Å². The number of esters is 1. The van der Waals surface area contributed by atoms with Gasteiger partial charge in [-0.25, -0.2) is 9.59 Å². The molecule has 2 fully saturated rings. The zero-order valence-corrected chi connectivity index (χ0v) is 16.9. The van der Waals surface area contributed by atoms with Crippen LogP contribution < -0.4 is 5.32 Å². The Hall–Kier alpha value is -1.42. The molecule has 156 valence electrons. The van der Waals surface area contributed by atoms with Crippen molar-refractivity contribution in [2.45, 2.75) is 89.8 Å². The van der Waals surface area contributed by atoms with Crippen molar-refractivity contribution in [3.63, 3.8) is 0 Å². The molecule has 0 aromatic heterocycles.